The Morgan fingerprint density at radius 1 is 1.35 bits per heavy atom. The number of fused-ring (bicyclic) bond motifs is 1. The number of benzene rings is 1. The van der Waals surface area contributed by atoms with E-state index in [0.29, 0.717) is 17.8 Å². The van der Waals surface area contributed by atoms with Gasteiger partial charge in [0.05, 0.1) is 17.8 Å². The zero-order valence-electron chi connectivity index (χ0n) is 9.02. The van der Waals surface area contributed by atoms with Crippen molar-refractivity contribution < 1.29 is 9.59 Å². The molecule has 0 unspecified atom stereocenters. The van der Waals surface area contributed by atoms with Crippen molar-refractivity contribution in [3.05, 3.63) is 41.4 Å². The number of para-hydroxylation sites is 1. The fourth-order valence-electron chi connectivity index (χ4n) is 1.73. The van der Waals surface area contributed by atoms with Gasteiger partial charge >= 0.3 is 0 Å². The average Bonchev–Trinajstić information content (AvgIpc) is 2.47. The fourth-order valence-corrected chi connectivity index (χ4v) is 1.81. The summed E-state index contributed by atoms with van der Waals surface area (Å²) in [4.78, 5) is 25.1. The summed E-state index contributed by atoms with van der Waals surface area (Å²) < 4.78 is 0. The quantitative estimate of drug-likeness (QED) is 0.865. The van der Waals surface area contributed by atoms with Gasteiger partial charge in [-0.15, -0.1) is 0 Å². The predicted molar refractivity (Wildman–Crippen MR) is 66.1 cm³/mol. The second-order valence-electron chi connectivity index (χ2n) is 3.57. The van der Waals surface area contributed by atoms with E-state index in [1.807, 2.05) is 0 Å². The SMILES string of the molecule is O=C1NCC(=O)N(C/C=C/Cl)c2ccccc21. The van der Waals surface area contributed by atoms with Crippen LogP contribution in [0, 0.1) is 0 Å². The van der Waals surface area contributed by atoms with Gasteiger partial charge in [0.1, 0.15) is 0 Å². The van der Waals surface area contributed by atoms with Crippen LogP contribution in [0.2, 0.25) is 0 Å². The van der Waals surface area contributed by atoms with Crippen LogP contribution in [0.5, 0.6) is 0 Å². The van der Waals surface area contributed by atoms with Gasteiger partial charge in [-0.1, -0.05) is 29.8 Å². The highest BCUT2D eigenvalue weighted by Crippen LogP contribution is 2.22. The number of hydrogen-bond acceptors (Lipinski definition) is 2. The van der Waals surface area contributed by atoms with E-state index in [1.54, 1.807) is 30.3 Å². The van der Waals surface area contributed by atoms with Crippen molar-refractivity contribution in [2.45, 2.75) is 0 Å². The normalized spacial score (nSPS) is 15.7. The number of rotatable bonds is 2. The van der Waals surface area contributed by atoms with Gasteiger partial charge < -0.3 is 10.2 Å². The highest BCUT2D eigenvalue weighted by Gasteiger charge is 2.24. The Morgan fingerprint density at radius 2 is 2.12 bits per heavy atom. The lowest BCUT2D eigenvalue weighted by Gasteiger charge is -2.20. The first-order valence-electron chi connectivity index (χ1n) is 5.17. The number of halogens is 1. The van der Waals surface area contributed by atoms with Crippen molar-refractivity contribution >= 4 is 29.1 Å². The number of nitrogens with zero attached hydrogens (tertiary/aromatic N) is 1. The third-order valence-corrected chi connectivity index (χ3v) is 2.70. The molecule has 0 fully saturated rings. The zero-order chi connectivity index (χ0) is 12.3. The van der Waals surface area contributed by atoms with Gasteiger partial charge in [-0.2, -0.15) is 0 Å². The maximum absolute atomic E-state index is 11.9. The van der Waals surface area contributed by atoms with Gasteiger partial charge in [-0.05, 0) is 12.1 Å². The van der Waals surface area contributed by atoms with E-state index in [2.05, 4.69) is 5.32 Å². The minimum atomic E-state index is -0.230. The average molecular weight is 251 g/mol. The van der Waals surface area contributed by atoms with E-state index < -0.39 is 0 Å². The van der Waals surface area contributed by atoms with Crippen molar-refractivity contribution in [2.75, 3.05) is 18.0 Å². The van der Waals surface area contributed by atoms with E-state index in [4.69, 9.17) is 11.6 Å². The van der Waals surface area contributed by atoms with Crippen LogP contribution in [0.25, 0.3) is 0 Å². The summed E-state index contributed by atoms with van der Waals surface area (Å²) in [5, 5.41) is 2.57. The maximum atomic E-state index is 11.9. The van der Waals surface area contributed by atoms with Gasteiger partial charge in [0.25, 0.3) is 5.91 Å². The minimum absolute atomic E-state index is 0.00361. The standard InChI is InChI=1S/C12H11ClN2O2/c13-6-3-7-15-10-5-2-1-4-9(10)12(17)14-8-11(15)16/h1-6H,7-8H2,(H,14,17)/b6-3+. The molecule has 0 atom stereocenters. The summed E-state index contributed by atoms with van der Waals surface area (Å²) in [5.41, 5.74) is 2.47. The molecular formula is C12H11ClN2O2. The van der Waals surface area contributed by atoms with Gasteiger partial charge in [-0.25, -0.2) is 0 Å². The summed E-state index contributed by atoms with van der Waals surface area (Å²) in [5.74, 6) is -0.385. The molecule has 0 aromatic heterocycles. The molecule has 88 valence electrons. The Kier molecular flexibility index (Phi) is 3.44. The molecule has 0 aliphatic carbocycles. The van der Waals surface area contributed by atoms with Crippen LogP contribution in [0.3, 0.4) is 0 Å². The summed E-state index contributed by atoms with van der Waals surface area (Å²) in [7, 11) is 0. The molecule has 4 nitrogen and oxygen atoms in total. The van der Waals surface area contributed by atoms with Crippen LogP contribution < -0.4 is 10.2 Å². The molecular weight excluding hydrogens is 240 g/mol. The molecule has 1 aromatic carbocycles. The molecule has 1 aliphatic rings. The third-order valence-electron chi connectivity index (χ3n) is 2.52. The number of carbonyl (C=O) groups is 2. The summed E-state index contributed by atoms with van der Waals surface area (Å²) in [6, 6.07) is 7.01. The Hall–Kier alpha value is -1.81. The monoisotopic (exact) mass is 250 g/mol. The zero-order valence-corrected chi connectivity index (χ0v) is 9.78. The molecule has 5 heteroatoms. The van der Waals surface area contributed by atoms with E-state index in [-0.39, 0.29) is 18.4 Å². The molecule has 17 heavy (non-hydrogen) atoms. The van der Waals surface area contributed by atoms with Crippen molar-refractivity contribution in [1.82, 2.24) is 5.32 Å². The van der Waals surface area contributed by atoms with Crippen molar-refractivity contribution in [3.63, 3.8) is 0 Å². The molecule has 0 saturated carbocycles. The Labute approximate surface area is 104 Å². The highest BCUT2D eigenvalue weighted by atomic mass is 35.5. The van der Waals surface area contributed by atoms with Crippen molar-refractivity contribution in [1.29, 1.82) is 0 Å². The molecule has 0 radical (unpaired) electrons. The number of nitrogens with one attached hydrogen (secondary N) is 1. The second-order valence-corrected chi connectivity index (χ2v) is 3.82. The topological polar surface area (TPSA) is 49.4 Å². The molecule has 2 amide bonds. The highest BCUT2D eigenvalue weighted by molar-refractivity contribution is 6.25. The second kappa shape index (κ2) is 5.01. The smallest absolute Gasteiger partial charge is 0.253 e. The lowest BCUT2D eigenvalue weighted by atomic mass is 10.1. The number of carbonyl (C=O) groups excluding carboxylic acids is 2. The number of anilines is 1. The van der Waals surface area contributed by atoms with Gasteiger partial charge in [0.15, 0.2) is 0 Å². The summed E-state index contributed by atoms with van der Waals surface area (Å²) in [6.45, 7) is 0.359. The van der Waals surface area contributed by atoms with E-state index in [1.165, 1.54) is 10.4 Å². The summed E-state index contributed by atoms with van der Waals surface area (Å²) in [6.07, 6.45) is 1.66. The third kappa shape index (κ3) is 2.31. The van der Waals surface area contributed by atoms with Crippen molar-refractivity contribution in [2.24, 2.45) is 0 Å². The minimum Gasteiger partial charge on any atom is -0.343 e. The van der Waals surface area contributed by atoms with Crippen LogP contribution in [0.4, 0.5) is 5.69 Å². The molecule has 0 saturated heterocycles. The van der Waals surface area contributed by atoms with Crippen LogP contribution in [-0.2, 0) is 4.79 Å². The molecule has 1 aliphatic heterocycles. The number of amides is 2. The predicted octanol–water partition coefficient (Wildman–Crippen LogP) is 1.52. The van der Waals surface area contributed by atoms with Crippen LogP contribution in [0.15, 0.2) is 35.9 Å². The molecule has 1 aromatic rings. The maximum Gasteiger partial charge on any atom is 0.253 e. The molecule has 0 spiro atoms. The largest absolute Gasteiger partial charge is 0.343 e. The van der Waals surface area contributed by atoms with Crippen LogP contribution in [-0.4, -0.2) is 24.9 Å². The molecule has 2 rings (SSSR count). The summed E-state index contributed by atoms with van der Waals surface area (Å²) >= 11 is 5.46. The molecule has 1 N–H and O–H groups in total. The lowest BCUT2D eigenvalue weighted by Crippen LogP contribution is -2.36. The van der Waals surface area contributed by atoms with Crippen LogP contribution in [0.1, 0.15) is 10.4 Å². The van der Waals surface area contributed by atoms with Crippen molar-refractivity contribution in [3.8, 4) is 0 Å². The van der Waals surface area contributed by atoms with Gasteiger partial charge in [-0.3, -0.25) is 9.59 Å². The van der Waals surface area contributed by atoms with E-state index >= 15 is 0 Å². The molecule has 0 bridgehead atoms. The van der Waals surface area contributed by atoms with E-state index in [0.717, 1.165) is 0 Å². The first-order valence-corrected chi connectivity index (χ1v) is 5.60. The van der Waals surface area contributed by atoms with Crippen LogP contribution >= 0.6 is 11.6 Å². The lowest BCUT2D eigenvalue weighted by molar-refractivity contribution is -0.117. The Bertz CT molecular complexity index is 485. The Balaban J connectivity index is 2.45. The van der Waals surface area contributed by atoms with Gasteiger partial charge in [0.2, 0.25) is 5.91 Å². The Morgan fingerprint density at radius 3 is 2.88 bits per heavy atom. The first kappa shape index (κ1) is 11.7. The van der Waals surface area contributed by atoms with Gasteiger partial charge in [0, 0.05) is 12.1 Å². The first-order chi connectivity index (χ1) is 8.24. The fraction of sp³-hybridized carbons (Fsp3) is 0.167. The molecule has 1 heterocycles. The number of hydrogen-bond donors (Lipinski definition) is 1. The van der Waals surface area contributed by atoms with E-state index in [9.17, 15) is 9.59 Å².